The van der Waals surface area contributed by atoms with Gasteiger partial charge in [0.2, 0.25) is 0 Å². The number of hydrogen-bond donors (Lipinski definition) is 0. The molecule has 1 aliphatic rings. The van der Waals surface area contributed by atoms with E-state index in [4.69, 9.17) is 9.47 Å². The maximum absolute atomic E-state index is 12.4. The lowest BCUT2D eigenvalue weighted by Crippen LogP contribution is -2.40. The van der Waals surface area contributed by atoms with Crippen LogP contribution in [0.3, 0.4) is 0 Å². The van der Waals surface area contributed by atoms with Crippen LogP contribution in [0.25, 0.3) is 0 Å². The van der Waals surface area contributed by atoms with Crippen molar-refractivity contribution < 1.29 is 14.3 Å². The van der Waals surface area contributed by atoms with E-state index in [2.05, 4.69) is 15.9 Å². The highest BCUT2D eigenvalue weighted by Gasteiger charge is 2.28. The largest absolute Gasteiger partial charge is 0.383 e. The van der Waals surface area contributed by atoms with Gasteiger partial charge in [0.05, 0.1) is 13.2 Å². The highest BCUT2D eigenvalue weighted by molar-refractivity contribution is 9.10. The molecule has 4 nitrogen and oxygen atoms in total. The first-order valence-electron chi connectivity index (χ1n) is 6.33. The summed E-state index contributed by atoms with van der Waals surface area (Å²) in [7, 11) is 1.65. The normalized spacial score (nSPS) is 18.7. The topological polar surface area (TPSA) is 38.8 Å². The lowest BCUT2D eigenvalue weighted by Gasteiger charge is -2.24. The van der Waals surface area contributed by atoms with Gasteiger partial charge in [0, 0.05) is 35.0 Å². The summed E-state index contributed by atoms with van der Waals surface area (Å²) in [6, 6.07) is 2.05. The average molecular weight is 348 g/mol. The Hall–Kier alpha value is -0.430. The van der Waals surface area contributed by atoms with Crippen molar-refractivity contribution in [2.24, 2.45) is 0 Å². The summed E-state index contributed by atoms with van der Waals surface area (Å²) in [5.41, 5.74) is 0. The molecule has 1 saturated heterocycles. The molecule has 0 unspecified atom stereocenters. The van der Waals surface area contributed by atoms with Gasteiger partial charge in [0.25, 0.3) is 5.91 Å². The molecule has 1 amide bonds. The number of amides is 1. The van der Waals surface area contributed by atoms with Gasteiger partial charge in [-0.15, -0.1) is 11.3 Å². The van der Waals surface area contributed by atoms with Crippen LogP contribution in [0.15, 0.2) is 15.9 Å². The van der Waals surface area contributed by atoms with Crippen molar-refractivity contribution in [1.29, 1.82) is 0 Å². The summed E-state index contributed by atoms with van der Waals surface area (Å²) >= 11 is 5.08. The summed E-state index contributed by atoms with van der Waals surface area (Å²) in [4.78, 5) is 15.4. The molecule has 1 aliphatic heterocycles. The molecule has 106 valence electrons. The van der Waals surface area contributed by atoms with E-state index in [0.717, 1.165) is 22.2 Å². The Bertz CT molecular complexity index is 418. The highest BCUT2D eigenvalue weighted by atomic mass is 79.9. The standard InChI is InChI=1S/C13H18BrNO3S/c1-17-6-4-15(8-11-7-10(14)9-19-11)13(16)12-3-2-5-18-12/h7,9,12H,2-6,8H2,1H3/t12-/m1/s1. The SMILES string of the molecule is COCCN(Cc1cc(Br)cs1)C(=O)[C@H]1CCCO1. The second-order valence-electron chi connectivity index (χ2n) is 4.49. The van der Waals surface area contributed by atoms with Gasteiger partial charge in [-0.2, -0.15) is 0 Å². The highest BCUT2D eigenvalue weighted by Crippen LogP contribution is 2.22. The molecule has 1 fully saturated rings. The van der Waals surface area contributed by atoms with Gasteiger partial charge in [-0.1, -0.05) is 0 Å². The molecule has 0 N–H and O–H groups in total. The Balaban J connectivity index is 1.99. The van der Waals surface area contributed by atoms with Gasteiger partial charge in [-0.05, 0) is 34.8 Å². The molecule has 0 radical (unpaired) electrons. The Labute approximate surface area is 125 Å². The predicted molar refractivity (Wildman–Crippen MR) is 78.3 cm³/mol. The predicted octanol–water partition coefficient (Wildman–Crippen LogP) is 2.66. The summed E-state index contributed by atoms with van der Waals surface area (Å²) in [6.07, 6.45) is 1.54. The van der Waals surface area contributed by atoms with Crippen LogP contribution >= 0.6 is 27.3 Å². The number of carbonyl (C=O) groups is 1. The maximum atomic E-state index is 12.4. The van der Waals surface area contributed by atoms with Crippen molar-refractivity contribution in [3.8, 4) is 0 Å². The van der Waals surface area contributed by atoms with Crippen LogP contribution in [-0.4, -0.2) is 43.8 Å². The zero-order valence-corrected chi connectivity index (χ0v) is 13.3. The van der Waals surface area contributed by atoms with E-state index in [0.29, 0.717) is 26.3 Å². The molecule has 0 saturated carbocycles. The molecular formula is C13H18BrNO3S. The van der Waals surface area contributed by atoms with Crippen LogP contribution in [0.2, 0.25) is 0 Å². The molecule has 1 atom stereocenters. The monoisotopic (exact) mass is 347 g/mol. The van der Waals surface area contributed by atoms with Crippen LogP contribution in [0.4, 0.5) is 0 Å². The van der Waals surface area contributed by atoms with Crippen molar-refractivity contribution in [1.82, 2.24) is 4.90 Å². The van der Waals surface area contributed by atoms with Crippen LogP contribution < -0.4 is 0 Å². The number of rotatable bonds is 6. The first kappa shape index (κ1) is 15.0. The fourth-order valence-electron chi connectivity index (χ4n) is 2.07. The fourth-order valence-corrected chi connectivity index (χ4v) is 3.54. The molecule has 1 aromatic rings. The number of carbonyl (C=O) groups excluding carboxylic acids is 1. The zero-order chi connectivity index (χ0) is 13.7. The quantitative estimate of drug-likeness (QED) is 0.793. The molecule has 2 rings (SSSR count). The molecule has 0 aromatic carbocycles. The third kappa shape index (κ3) is 4.27. The first-order valence-corrected chi connectivity index (χ1v) is 8.00. The number of methoxy groups -OCH3 is 1. The number of ether oxygens (including phenoxy) is 2. The van der Waals surface area contributed by atoms with Gasteiger partial charge < -0.3 is 14.4 Å². The van der Waals surface area contributed by atoms with Crippen molar-refractivity contribution in [2.75, 3.05) is 26.9 Å². The van der Waals surface area contributed by atoms with E-state index in [1.807, 2.05) is 16.3 Å². The van der Waals surface area contributed by atoms with E-state index in [9.17, 15) is 4.79 Å². The van der Waals surface area contributed by atoms with Gasteiger partial charge >= 0.3 is 0 Å². The van der Waals surface area contributed by atoms with E-state index < -0.39 is 0 Å². The number of halogens is 1. The van der Waals surface area contributed by atoms with E-state index in [1.54, 1.807) is 18.4 Å². The Kier molecular flexibility index (Phi) is 5.81. The Morgan fingerprint density at radius 3 is 3.11 bits per heavy atom. The van der Waals surface area contributed by atoms with Gasteiger partial charge in [-0.25, -0.2) is 0 Å². The van der Waals surface area contributed by atoms with Gasteiger partial charge in [-0.3, -0.25) is 4.79 Å². The number of nitrogens with zero attached hydrogens (tertiary/aromatic N) is 1. The van der Waals surface area contributed by atoms with Crippen LogP contribution in [-0.2, 0) is 20.8 Å². The number of hydrogen-bond acceptors (Lipinski definition) is 4. The van der Waals surface area contributed by atoms with Crippen molar-refractivity contribution >= 4 is 33.2 Å². The lowest BCUT2D eigenvalue weighted by molar-refractivity contribution is -0.142. The molecule has 0 aliphatic carbocycles. The Morgan fingerprint density at radius 1 is 1.68 bits per heavy atom. The fraction of sp³-hybridized carbons (Fsp3) is 0.615. The molecule has 1 aromatic heterocycles. The van der Waals surface area contributed by atoms with Gasteiger partial charge in [0.15, 0.2) is 0 Å². The second-order valence-corrected chi connectivity index (χ2v) is 6.40. The minimum absolute atomic E-state index is 0.0825. The van der Waals surface area contributed by atoms with E-state index in [1.165, 1.54) is 0 Å². The summed E-state index contributed by atoms with van der Waals surface area (Å²) in [6.45, 7) is 2.47. The second kappa shape index (κ2) is 7.38. The third-order valence-electron chi connectivity index (χ3n) is 3.05. The summed E-state index contributed by atoms with van der Waals surface area (Å²) < 4.78 is 11.6. The average Bonchev–Trinajstić information content (AvgIpc) is 3.05. The summed E-state index contributed by atoms with van der Waals surface area (Å²) in [5.74, 6) is 0.0825. The van der Waals surface area contributed by atoms with Gasteiger partial charge in [0.1, 0.15) is 6.10 Å². The van der Waals surface area contributed by atoms with Crippen molar-refractivity contribution in [3.63, 3.8) is 0 Å². The maximum Gasteiger partial charge on any atom is 0.252 e. The van der Waals surface area contributed by atoms with E-state index >= 15 is 0 Å². The minimum Gasteiger partial charge on any atom is -0.383 e. The first-order chi connectivity index (χ1) is 9.20. The van der Waals surface area contributed by atoms with E-state index in [-0.39, 0.29) is 12.0 Å². The molecule has 6 heteroatoms. The third-order valence-corrected chi connectivity index (χ3v) is 4.73. The Morgan fingerprint density at radius 2 is 2.53 bits per heavy atom. The van der Waals surface area contributed by atoms with Crippen molar-refractivity contribution in [3.05, 3.63) is 20.8 Å². The van der Waals surface area contributed by atoms with Crippen LogP contribution in [0.1, 0.15) is 17.7 Å². The lowest BCUT2D eigenvalue weighted by atomic mass is 10.2. The number of thiophene rings is 1. The molecule has 0 bridgehead atoms. The zero-order valence-electron chi connectivity index (χ0n) is 10.9. The molecule has 0 spiro atoms. The van der Waals surface area contributed by atoms with Crippen LogP contribution in [0.5, 0.6) is 0 Å². The smallest absolute Gasteiger partial charge is 0.252 e. The minimum atomic E-state index is -0.264. The molecular weight excluding hydrogens is 330 g/mol. The summed E-state index contributed by atoms with van der Waals surface area (Å²) in [5, 5.41) is 2.03. The molecule has 19 heavy (non-hydrogen) atoms. The molecule has 2 heterocycles. The van der Waals surface area contributed by atoms with Crippen molar-refractivity contribution in [2.45, 2.75) is 25.5 Å². The van der Waals surface area contributed by atoms with Crippen LogP contribution in [0, 0.1) is 0 Å².